The second kappa shape index (κ2) is 5.36. The van der Waals surface area contributed by atoms with Crippen LogP contribution in [0.15, 0.2) is 30.1 Å². The summed E-state index contributed by atoms with van der Waals surface area (Å²) in [6.07, 6.45) is 6.59. The Kier molecular flexibility index (Phi) is 4.12. The van der Waals surface area contributed by atoms with Crippen molar-refractivity contribution in [3.05, 3.63) is 35.6 Å². The highest BCUT2D eigenvalue weighted by Crippen LogP contribution is 1.99. The fourth-order valence-corrected chi connectivity index (χ4v) is 1.01. The fourth-order valence-electron chi connectivity index (χ4n) is 0.940. The maximum absolute atomic E-state index is 11.2. The van der Waals surface area contributed by atoms with Crippen molar-refractivity contribution < 1.29 is 4.79 Å². The number of halogens is 1. The molecule has 1 rings (SSSR count). The van der Waals surface area contributed by atoms with Crippen molar-refractivity contribution in [2.24, 2.45) is 7.05 Å². The van der Waals surface area contributed by atoms with Crippen molar-refractivity contribution >= 4 is 23.6 Å². The molecule has 0 fully saturated rings. The molecule has 0 bridgehead atoms. The lowest BCUT2D eigenvalue weighted by atomic mass is 10.3. The third kappa shape index (κ3) is 4.46. The molecule has 1 aromatic heterocycles. The quantitative estimate of drug-likeness (QED) is 0.786. The summed E-state index contributed by atoms with van der Waals surface area (Å²) in [5, 5.41) is 6.94. The predicted octanol–water partition coefficient (Wildman–Crippen LogP) is 1.30. The minimum Gasteiger partial charge on any atom is -0.348 e. The minimum atomic E-state index is -0.208. The van der Waals surface area contributed by atoms with Crippen LogP contribution in [0.4, 0.5) is 0 Å². The molecule has 1 amide bonds. The highest BCUT2D eigenvalue weighted by atomic mass is 35.5. The van der Waals surface area contributed by atoms with Gasteiger partial charge in [-0.1, -0.05) is 18.2 Å². The lowest BCUT2D eigenvalue weighted by Crippen LogP contribution is -2.21. The molecular weight excluding hydrogens is 214 g/mol. The molecule has 1 N–H and O–H groups in total. The van der Waals surface area contributed by atoms with Crippen LogP contribution in [-0.4, -0.2) is 22.2 Å². The van der Waals surface area contributed by atoms with Gasteiger partial charge in [0.15, 0.2) is 0 Å². The van der Waals surface area contributed by atoms with E-state index in [1.54, 1.807) is 17.0 Å². The number of amides is 1. The monoisotopic (exact) mass is 225 g/mol. The molecule has 1 heterocycles. The number of hydrogen-bond donors (Lipinski definition) is 1. The molecule has 0 spiro atoms. The fraction of sp³-hybridized carbons (Fsp3) is 0.200. The maximum Gasteiger partial charge on any atom is 0.244 e. The van der Waals surface area contributed by atoms with Crippen molar-refractivity contribution in [3.8, 4) is 0 Å². The van der Waals surface area contributed by atoms with Gasteiger partial charge < -0.3 is 5.32 Å². The number of nitrogens with one attached hydrogen (secondary N) is 1. The second-order valence-electron chi connectivity index (χ2n) is 3.02. The third-order valence-electron chi connectivity index (χ3n) is 1.61. The molecule has 0 saturated carbocycles. The van der Waals surface area contributed by atoms with Gasteiger partial charge in [0.1, 0.15) is 0 Å². The third-order valence-corrected chi connectivity index (χ3v) is 1.74. The van der Waals surface area contributed by atoms with Gasteiger partial charge in [-0.3, -0.25) is 9.48 Å². The molecule has 0 aromatic carbocycles. The molecular formula is C10H12ClN3O. The van der Waals surface area contributed by atoms with Gasteiger partial charge in [0.05, 0.1) is 12.7 Å². The van der Waals surface area contributed by atoms with Crippen LogP contribution in [0.25, 0.3) is 6.08 Å². The Morgan fingerprint density at radius 3 is 3.07 bits per heavy atom. The topological polar surface area (TPSA) is 46.9 Å². The first kappa shape index (κ1) is 11.5. The average molecular weight is 226 g/mol. The summed E-state index contributed by atoms with van der Waals surface area (Å²) >= 11 is 5.50. The Morgan fingerprint density at radius 1 is 1.80 bits per heavy atom. The zero-order chi connectivity index (χ0) is 11.3. The smallest absolute Gasteiger partial charge is 0.244 e. The Bertz CT molecular complexity index is 395. The van der Waals surface area contributed by atoms with Crippen LogP contribution < -0.4 is 5.32 Å². The molecule has 80 valence electrons. The molecule has 0 aliphatic heterocycles. The largest absolute Gasteiger partial charge is 0.348 e. The van der Waals surface area contributed by atoms with Gasteiger partial charge >= 0.3 is 0 Å². The normalized spacial score (nSPS) is 10.5. The molecule has 0 radical (unpaired) electrons. The Morgan fingerprint density at radius 2 is 2.53 bits per heavy atom. The first-order valence-electron chi connectivity index (χ1n) is 4.36. The zero-order valence-corrected chi connectivity index (χ0v) is 9.16. The molecule has 0 atom stereocenters. The maximum atomic E-state index is 11.2. The summed E-state index contributed by atoms with van der Waals surface area (Å²) < 4.78 is 1.66. The van der Waals surface area contributed by atoms with Gasteiger partial charge in [-0.15, -0.1) is 0 Å². The van der Waals surface area contributed by atoms with E-state index in [-0.39, 0.29) is 12.5 Å². The van der Waals surface area contributed by atoms with Crippen molar-refractivity contribution in [2.45, 2.75) is 0 Å². The van der Waals surface area contributed by atoms with Crippen molar-refractivity contribution in [1.29, 1.82) is 0 Å². The van der Waals surface area contributed by atoms with E-state index in [0.717, 1.165) is 5.56 Å². The summed E-state index contributed by atoms with van der Waals surface area (Å²) in [5.74, 6) is -0.208. The predicted molar refractivity (Wildman–Crippen MR) is 60.2 cm³/mol. The summed E-state index contributed by atoms with van der Waals surface area (Å²) in [7, 11) is 1.81. The molecule has 0 unspecified atom stereocenters. The zero-order valence-electron chi connectivity index (χ0n) is 8.40. The summed E-state index contributed by atoms with van der Waals surface area (Å²) in [4.78, 5) is 11.2. The molecule has 1 aromatic rings. The standard InChI is InChI=1S/C10H12ClN3O/c1-8(11)5-12-10(15)4-3-9-6-13-14(2)7-9/h3-4,6-7H,1,5H2,2H3,(H,12,15)/b4-3+. The molecule has 0 saturated heterocycles. The van der Waals surface area contributed by atoms with Crippen molar-refractivity contribution in [1.82, 2.24) is 15.1 Å². The van der Waals surface area contributed by atoms with Crippen LogP contribution >= 0.6 is 11.6 Å². The molecule has 0 aliphatic carbocycles. The highest BCUT2D eigenvalue weighted by Gasteiger charge is 1.96. The first-order valence-corrected chi connectivity index (χ1v) is 4.73. The van der Waals surface area contributed by atoms with Crippen LogP contribution in [-0.2, 0) is 11.8 Å². The molecule has 0 aliphatic rings. The number of aromatic nitrogens is 2. The summed E-state index contributed by atoms with van der Waals surface area (Å²) in [5.41, 5.74) is 0.873. The van der Waals surface area contributed by atoms with E-state index in [4.69, 9.17) is 11.6 Å². The van der Waals surface area contributed by atoms with Crippen molar-refractivity contribution in [3.63, 3.8) is 0 Å². The van der Waals surface area contributed by atoms with Crippen LogP contribution in [0.1, 0.15) is 5.56 Å². The van der Waals surface area contributed by atoms with Gasteiger partial charge in [-0.2, -0.15) is 5.10 Å². The summed E-state index contributed by atoms with van der Waals surface area (Å²) in [6, 6.07) is 0. The number of carbonyl (C=O) groups is 1. The number of carbonyl (C=O) groups excluding carboxylic acids is 1. The van der Waals surface area contributed by atoms with E-state index < -0.39 is 0 Å². The van der Waals surface area contributed by atoms with Gasteiger partial charge in [-0.25, -0.2) is 0 Å². The van der Waals surface area contributed by atoms with Crippen LogP contribution in [0.3, 0.4) is 0 Å². The lowest BCUT2D eigenvalue weighted by Gasteiger charge is -1.97. The van der Waals surface area contributed by atoms with Crippen LogP contribution in [0, 0.1) is 0 Å². The molecule has 4 nitrogen and oxygen atoms in total. The van der Waals surface area contributed by atoms with Crippen LogP contribution in [0.5, 0.6) is 0 Å². The van der Waals surface area contributed by atoms with E-state index in [1.807, 2.05) is 13.2 Å². The van der Waals surface area contributed by atoms with Gasteiger partial charge in [0.2, 0.25) is 5.91 Å². The Hall–Kier alpha value is -1.55. The second-order valence-corrected chi connectivity index (χ2v) is 3.55. The number of nitrogens with zero attached hydrogens (tertiary/aromatic N) is 2. The summed E-state index contributed by atoms with van der Waals surface area (Å²) in [6.45, 7) is 3.74. The van der Waals surface area contributed by atoms with Crippen molar-refractivity contribution in [2.75, 3.05) is 6.54 Å². The van der Waals surface area contributed by atoms with Crippen LogP contribution in [0.2, 0.25) is 0 Å². The van der Waals surface area contributed by atoms with Gasteiger partial charge in [-0.05, 0) is 6.08 Å². The van der Waals surface area contributed by atoms with E-state index in [9.17, 15) is 4.79 Å². The van der Waals surface area contributed by atoms with E-state index >= 15 is 0 Å². The van der Waals surface area contributed by atoms with Gasteiger partial charge in [0.25, 0.3) is 0 Å². The van der Waals surface area contributed by atoms with E-state index in [2.05, 4.69) is 17.0 Å². The Balaban J connectivity index is 2.44. The molecule has 15 heavy (non-hydrogen) atoms. The minimum absolute atomic E-state index is 0.208. The number of hydrogen-bond acceptors (Lipinski definition) is 2. The van der Waals surface area contributed by atoms with Gasteiger partial charge in [0, 0.05) is 29.9 Å². The van der Waals surface area contributed by atoms with E-state index in [0.29, 0.717) is 5.03 Å². The lowest BCUT2D eigenvalue weighted by molar-refractivity contribution is -0.116. The number of rotatable bonds is 4. The first-order chi connectivity index (χ1) is 7.08. The Labute approximate surface area is 93.2 Å². The van der Waals surface area contributed by atoms with E-state index in [1.165, 1.54) is 6.08 Å². The SMILES string of the molecule is C=C(Cl)CNC(=O)/C=C/c1cnn(C)c1. The number of aryl methyl sites for hydroxylation is 1. The molecule has 5 heteroatoms. The highest BCUT2D eigenvalue weighted by molar-refractivity contribution is 6.29. The average Bonchev–Trinajstić information content (AvgIpc) is 2.58.